The SMILES string of the molecule is CCCC1CC(c2ccccc2)NCCC(=O)N1. The van der Waals surface area contributed by atoms with E-state index in [2.05, 4.69) is 41.8 Å². The summed E-state index contributed by atoms with van der Waals surface area (Å²) in [6.45, 7) is 2.92. The van der Waals surface area contributed by atoms with Gasteiger partial charge in [-0.1, -0.05) is 43.7 Å². The van der Waals surface area contributed by atoms with E-state index in [-0.39, 0.29) is 5.91 Å². The minimum atomic E-state index is 0.174. The summed E-state index contributed by atoms with van der Waals surface area (Å²) in [5.41, 5.74) is 1.31. The molecule has 1 amide bonds. The molecule has 1 heterocycles. The molecule has 1 aliphatic heterocycles. The average Bonchev–Trinajstić information content (AvgIpc) is 2.36. The van der Waals surface area contributed by atoms with Crippen LogP contribution in [0.5, 0.6) is 0 Å². The molecule has 2 rings (SSSR count). The zero-order valence-corrected chi connectivity index (χ0v) is 11.0. The van der Waals surface area contributed by atoms with Crippen molar-refractivity contribution in [3.05, 3.63) is 35.9 Å². The molecule has 1 aromatic carbocycles. The molecule has 2 N–H and O–H groups in total. The fraction of sp³-hybridized carbons (Fsp3) is 0.533. The van der Waals surface area contributed by atoms with Gasteiger partial charge < -0.3 is 10.6 Å². The standard InChI is InChI=1S/C15H22N2O/c1-2-6-13-11-14(12-7-4-3-5-8-12)16-10-9-15(18)17-13/h3-5,7-8,13-14,16H,2,6,9-11H2,1H3,(H,17,18). The monoisotopic (exact) mass is 246 g/mol. The lowest BCUT2D eigenvalue weighted by Gasteiger charge is -2.28. The second-order valence-corrected chi connectivity index (χ2v) is 4.96. The molecular weight excluding hydrogens is 224 g/mol. The number of carbonyl (C=O) groups excluding carboxylic acids is 1. The van der Waals surface area contributed by atoms with Gasteiger partial charge in [0.25, 0.3) is 0 Å². The molecule has 0 radical (unpaired) electrons. The summed E-state index contributed by atoms with van der Waals surface area (Å²) in [5.74, 6) is 0.174. The van der Waals surface area contributed by atoms with Crippen LogP contribution in [0.2, 0.25) is 0 Å². The third-order valence-electron chi connectivity index (χ3n) is 3.47. The molecule has 0 spiro atoms. The molecule has 0 aromatic heterocycles. The van der Waals surface area contributed by atoms with Crippen LogP contribution in [0.1, 0.15) is 44.2 Å². The average molecular weight is 246 g/mol. The van der Waals surface area contributed by atoms with Gasteiger partial charge in [0.15, 0.2) is 0 Å². The number of benzene rings is 1. The molecule has 1 aromatic rings. The van der Waals surface area contributed by atoms with Crippen molar-refractivity contribution in [1.29, 1.82) is 0 Å². The van der Waals surface area contributed by atoms with E-state index in [4.69, 9.17) is 0 Å². The third-order valence-corrected chi connectivity index (χ3v) is 3.47. The Morgan fingerprint density at radius 1 is 1.28 bits per heavy atom. The van der Waals surface area contributed by atoms with Gasteiger partial charge in [-0.2, -0.15) is 0 Å². The van der Waals surface area contributed by atoms with Gasteiger partial charge in [-0.15, -0.1) is 0 Å². The number of carbonyl (C=O) groups is 1. The van der Waals surface area contributed by atoms with Crippen LogP contribution in [0.15, 0.2) is 30.3 Å². The Hall–Kier alpha value is -1.35. The molecule has 1 fully saturated rings. The maximum absolute atomic E-state index is 11.6. The highest BCUT2D eigenvalue weighted by Gasteiger charge is 2.21. The predicted octanol–water partition coefficient (Wildman–Crippen LogP) is 2.40. The lowest BCUT2D eigenvalue weighted by Crippen LogP contribution is -2.42. The number of amides is 1. The highest BCUT2D eigenvalue weighted by atomic mass is 16.1. The molecule has 18 heavy (non-hydrogen) atoms. The first-order valence-electron chi connectivity index (χ1n) is 6.87. The van der Waals surface area contributed by atoms with Crippen LogP contribution < -0.4 is 10.6 Å². The second kappa shape index (κ2) is 6.55. The van der Waals surface area contributed by atoms with Crippen LogP contribution in [0, 0.1) is 0 Å². The van der Waals surface area contributed by atoms with Crippen LogP contribution in [-0.2, 0) is 4.79 Å². The Balaban J connectivity index is 2.08. The zero-order valence-electron chi connectivity index (χ0n) is 11.0. The Bertz CT molecular complexity index is 377. The lowest BCUT2D eigenvalue weighted by atomic mass is 9.95. The third kappa shape index (κ3) is 3.57. The maximum atomic E-state index is 11.6. The molecule has 3 nitrogen and oxygen atoms in total. The molecule has 1 aliphatic rings. The van der Waals surface area contributed by atoms with Gasteiger partial charge in [0, 0.05) is 25.0 Å². The summed E-state index contributed by atoms with van der Waals surface area (Å²) in [4.78, 5) is 11.6. The Morgan fingerprint density at radius 2 is 2.06 bits per heavy atom. The van der Waals surface area contributed by atoms with Crippen LogP contribution in [0.25, 0.3) is 0 Å². The molecule has 2 unspecified atom stereocenters. The topological polar surface area (TPSA) is 41.1 Å². The van der Waals surface area contributed by atoms with Crippen molar-refractivity contribution in [3.8, 4) is 0 Å². The summed E-state index contributed by atoms with van der Waals surface area (Å²) in [5, 5.41) is 6.64. The fourth-order valence-electron chi connectivity index (χ4n) is 2.56. The summed E-state index contributed by atoms with van der Waals surface area (Å²) in [6.07, 6.45) is 3.70. The van der Waals surface area contributed by atoms with Crippen molar-refractivity contribution in [2.75, 3.05) is 6.54 Å². The first kappa shape index (κ1) is 13.1. The van der Waals surface area contributed by atoms with E-state index in [1.54, 1.807) is 0 Å². The molecule has 0 aliphatic carbocycles. The van der Waals surface area contributed by atoms with Gasteiger partial charge in [0.2, 0.25) is 5.91 Å². The molecule has 1 saturated heterocycles. The van der Waals surface area contributed by atoms with Crippen molar-refractivity contribution in [2.24, 2.45) is 0 Å². The van der Waals surface area contributed by atoms with Crippen molar-refractivity contribution in [2.45, 2.75) is 44.7 Å². The number of rotatable bonds is 3. The van der Waals surface area contributed by atoms with Crippen molar-refractivity contribution >= 4 is 5.91 Å². The largest absolute Gasteiger partial charge is 0.353 e. The normalized spacial score (nSPS) is 25.1. The Morgan fingerprint density at radius 3 is 2.78 bits per heavy atom. The molecule has 2 atom stereocenters. The fourth-order valence-corrected chi connectivity index (χ4v) is 2.56. The van der Waals surface area contributed by atoms with E-state index in [0.717, 1.165) is 25.8 Å². The van der Waals surface area contributed by atoms with Gasteiger partial charge in [-0.25, -0.2) is 0 Å². The van der Waals surface area contributed by atoms with Crippen molar-refractivity contribution < 1.29 is 4.79 Å². The number of hydrogen-bond donors (Lipinski definition) is 2. The van der Waals surface area contributed by atoms with E-state index in [0.29, 0.717) is 18.5 Å². The van der Waals surface area contributed by atoms with Crippen LogP contribution >= 0.6 is 0 Å². The highest BCUT2D eigenvalue weighted by molar-refractivity contribution is 5.76. The van der Waals surface area contributed by atoms with Crippen LogP contribution in [0.3, 0.4) is 0 Å². The van der Waals surface area contributed by atoms with E-state index in [1.165, 1.54) is 5.56 Å². The summed E-state index contributed by atoms with van der Waals surface area (Å²) in [7, 11) is 0. The van der Waals surface area contributed by atoms with Crippen LogP contribution in [0.4, 0.5) is 0 Å². The van der Waals surface area contributed by atoms with E-state index in [1.807, 2.05) is 6.07 Å². The Kier molecular flexibility index (Phi) is 4.76. The molecule has 0 saturated carbocycles. The zero-order chi connectivity index (χ0) is 12.8. The van der Waals surface area contributed by atoms with Crippen molar-refractivity contribution in [1.82, 2.24) is 10.6 Å². The second-order valence-electron chi connectivity index (χ2n) is 4.96. The van der Waals surface area contributed by atoms with Gasteiger partial charge in [0.1, 0.15) is 0 Å². The van der Waals surface area contributed by atoms with E-state index in [9.17, 15) is 4.79 Å². The van der Waals surface area contributed by atoms with Crippen molar-refractivity contribution in [3.63, 3.8) is 0 Å². The van der Waals surface area contributed by atoms with E-state index >= 15 is 0 Å². The minimum Gasteiger partial charge on any atom is -0.353 e. The summed E-state index contributed by atoms with van der Waals surface area (Å²) < 4.78 is 0. The number of nitrogens with one attached hydrogen (secondary N) is 2. The van der Waals surface area contributed by atoms with E-state index < -0.39 is 0 Å². The summed E-state index contributed by atoms with van der Waals surface area (Å²) in [6, 6.07) is 11.1. The maximum Gasteiger partial charge on any atom is 0.221 e. The lowest BCUT2D eigenvalue weighted by molar-refractivity contribution is -0.122. The molecule has 3 heteroatoms. The number of hydrogen-bond acceptors (Lipinski definition) is 2. The van der Waals surface area contributed by atoms with Gasteiger partial charge in [-0.3, -0.25) is 4.79 Å². The summed E-state index contributed by atoms with van der Waals surface area (Å²) >= 11 is 0. The Labute approximate surface area is 109 Å². The predicted molar refractivity (Wildman–Crippen MR) is 73.3 cm³/mol. The minimum absolute atomic E-state index is 0.174. The highest BCUT2D eigenvalue weighted by Crippen LogP contribution is 2.21. The van der Waals surface area contributed by atoms with Gasteiger partial charge in [0.05, 0.1) is 0 Å². The molecule has 0 bridgehead atoms. The van der Waals surface area contributed by atoms with Gasteiger partial charge >= 0.3 is 0 Å². The first-order valence-corrected chi connectivity index (χ1v) is 6.87. The smallest absolute Gasteiger partial charge is 0.221 e. The van der Waals surface area contributed by atoms with Crippen LogP contribution in [-0.4, -0.2) is 18.5 Å². The molecule has 98 valence electrons. The first-order chi connectivity index (χ1) is 8.79. The quantitative estimate of drug-likeness (QED) is 0.860. The molecular formula is C15H22N2O. The van der Waals surface area contributed by atoms with Gasteiger partial charge in [-0.05, 0) is 18.4 Å².